The maximum Gasteiger partial charge on any atom is 0.0313 e. The van der Waals surface area contributed by atoms with Crippen molar-refractivity contribution in [3.05, 3.63) is 29.6 Å². The van der Waals surface area contributed by atoms with Gasteiger partial charge in [0.15, 0.2) is 0 Å². The minimum Gasteiger partial charge on any atom is -0.313 e. The van der Waals surface area contributed by atoms with Crippen LogP contribution in [0, 0.1) is 6.92 Å². The first-order valence-electron chi connectivity index (χ1n) is 7.14. The molecular weight excluding hydrogens is 222 g/mol. The number of aromatic nitrogens is 1. The maximum atomic E-state index is 4.29. The Morgan fingerprint density at radius 3 is 3.00 bits per heavy atom. The van der Waals surface area contributed by atoms with Gasteiger partial charge in [0, 0.05) is 31.5 Å². The molecule has 0 saturated carbocycles. The number of hydrogen-bond acceptors (Lipinski definition) is 3. The van der Waals surface area contributed by atoms with Gasteiger partial charge < -0.3 is 5.32 Å². The Morgan fingerprint density at radius 2 is 2.33 bits per heavy atom. The lowest BCUT2D eigenvalue weighted by Crippen LogP contribution is -2.37. The van der Waals surface area contributed by atoms with Crippen LogP contribution in [0.15, 0.2) is 18.5 Å². The van der Waals surface area contributed by atoms with Gasteiger partial charge in [0.1, 0.15) is 0 Å². The Balaban J connectivity index is 1.92. The Bertz CT molecular complexity index is 359. The maximum absolute atomic E-state index is 4.29. The van der Waals surface area contributed by atoms with E-state index in [9.17, 15) is 0 Å². The summed E-state index contributed by atoms with van der Waals surface area (Å²) in [4.78, 5) is 6.84. The van der Waals surface area contributed by atoms with Crippen LogP contribution in [0.3, 0.4) is 0 Å². The van der Waals surface area contributed by atoms with Crippen LogP contribution in [0.1, 0.15) is 37.3 Å². The van der Waals surface area contributed by atoms with Gasteiger partial charge >= 0.3 is 0 Å². The zero-order chi connectivity index (χ0) is 12.8. The summed E-state index contributed by atoms with van der Waals surface area (Å²) in [6.45, 7) is 8.92. The minimum absolute atomic E-state index is 0.689. The Kier molecular flexibility index (Phi) is 5.14. The summed E-state index contributed by atoms with van der Waals surface area (Å²) in [5.74, 6) is 0. The van der Waals surface area contributed by atoms with Crippen molar-refractivity contribution in [2.24, 2.45) is 0 Å². The lowest BCUT2D eigenvalue weighted by Gasteiger charge is -2.25. The summed E-state index contributed by atoms with van der Waals surface area (Å²) in [6.07, 6.45) is 7.79. The molecule has 1 aromatic heterocycles. The van der Waals surface area contributed by atoms with Crippen molar-refractivity contribution in [1.82, 2.24) is 15.2 Å². The highest BCUT2D eigenvalue weighted by molar-refractivity contribution is 5.16. The number of nitrogens with one attached hydrogen (secondary N) is 1. The molecule has 0 amide bonds. The number of nitrogens with zero attached hydrogens (tertiary/aromatic N) is 2. The van der Waals surface area contributed by atoms with E-state index < -0.39 is 0 Å². The third-order valence-electron chi connectivity index (χ3n) is 3.52. The van der Waals surface area contributed by atoms with Gasteiger partial charge in [-0.3, -0.25) is 9.88 Å². The van der Waals surface area contributed by atoms with E-state index in [-0.39, 0.29) is 0 Å². The van der Waals surface area contributed by atoms with Crippen LogP contribution in [0.4, 0.5) is 0 Å². The number of rotatable bonds is 6. The van der Waals surface area contributed by atoms with Crippen molar-refractivity contribution in [1.29, 1.82) is 0 Å². The van der Waals surface area contributed by atoms with Crippen LogP contribution in [0.5, 0.6) is 0 Å². The van der Waals surface area contributed by atoms with Crippen molar-refractivity contribution >= 4 is 0 Å². The van der Waals surface area contributed by atoms with E-state index in [0.29, 0.717) is 6.04 Å². The van der Waals surface area contributed by atoms with Gasteiger partial charge in [-0.2, -0.15) is 0 Å². The van der Waals surface area contributed by atoms with Crippen molar-refractivity contribution in [3.63, 3.8) is 0 Å². The van der Waals surface area contributed by atoms with Crippen molar-refractivity contribution in [3.8, 4) is 0 Å². The molecule has 0 spiro atoms. The quantitative estimate of drug-likeness (QED) is 0.836. The topological polar surface area (TPSA) is 28.2 Å². The zero-order valence-corrected chi connectivity index (χ0v) is 11.7. The second kappa shape index (κ2) is 6.86. The molecule has 0 aliphatic carbocycles. The monoisotopic (exact) mass is 247 g/mol. The molecule has 1 atom stereocenters. The van der Waals surface area contributed by atoms with Crippen LogP contribution in [0.25, 0.3) is 0 Å². The van der Waals surface area contributed by atoms with E-state index in [1.807, 2.05) is 12.4 Å². The fourth-order valence-electron chi connectivity index (χ4n) is 2.74. The van der Waals surface area contributed by atoms with Gasteiger partial charge in [-0.05, 0) is 50.4 Å². The van der Waals surface area contributed by atoms with Crippen molar-refractivity contribution in [2.75, 3.05) is 19.6 Å². The fraction of sp³-hybridized carbons (Fsp3) is 0.667. The van der Waals surface area contributed by atoms with Crippen LogP contribution < -0.4 is 5.32 Å². The normalized spacial score (nSPS) is 19.6. The summed E-state index contributed by atoms with van der Waals surface area (Å²) in [6, 6.07) is 2.94. The third-order valence-corrected chi connectivity index (χ3v) is 3.52. The highest BCUT2D eigenvalue weighted by Gasteiger charge is 2.17. The first-order valence-corrected chi connectivity index (χ1v) is 7.14. The summed E-state index contributed by atoms with van der Waals surface area (Å²) in [5, 5.41) is 3.59. The molecule has 3 nitrogen and oxygen atoms in total. The highest BCUT2D eigenvalue weighted by atomic mass is 15.2. The molecule has 3 heteroatoms. The molecule has 0 aromatic carbocycles. The van der Waals surface area contributed by atoms with Gasteiger partial charge in [0.25, 0.3) is 0 Å². The lowest BCUT2D eigenvalue weighted by molar-refractivity contribution is 0.241. The molecule has 100 valence electrons. The Morgan fingerprint density at radius 1 is 1.44 bits per heavy atom. The fourth-order valence-corrected chi connectivity index (χ4v) is 2.74. The third kappa shape index (κ3) is 4.07. The van der Waals surface area contributed by atoms with Crippen molar-refractivity contribution < 1.29 is 0 Å². The van der Waals surface area contributed by atoms with E-state index in [0.717, 1.165) is 6.54 Å². The number of hydrogen-bond donors (Lipinski definition) is 1. The van der Waals surface area contributed by atoms with Crippen LogP contribution >= 0.6 is 0 Å². The van der Waals surface area contributed by atoms with Gasteiger partial charge in [0.05, 0.1) is 0 Å². The molecule has 0 bridgehead atoms. The van der Waals surface area contributed by atoms with E-state index in [4.69, 9.17) is 0 Å². The van der Waals surface area contributed by atoms with E-state index in [2.05, 4.69) is 35.1 Å². The van der Waals surface area contributed by atoms with Crippen molar-refractivity contribution in [2.45, 2.75) is 45.7 Å². The second-order valence-corrected chi connectivity index (χ2v) is 5.40. The molecule has 1 N–H and O–H groups in total. The van der Waals surface area contributed by atoms with E-state index in [1.54, 1.807) is 0 Å². The van der Waals surface area contributed by atoms with Gasteiger partial charge in [-0.15, -0.1) is 0 Å². The molecule has 1 aromatic rings. The Labute approximate surface area is 111 Å². The van der Waals surface area contributed by atoms with Gasteiger partial charge in [0.2, 0.25) is 0 Å². The standard InChI is InChI=1S/C15H25N3/c1-3-7-18(12-15-5-4-6-17-15)11-14-8-13(2)9-16-10-14/h8-10,15,17H,3-7,11-12H2,1-2H3. The number of pyridine rings is 1. The molecule has 1 aliphatic rings. The molecule has 2 rings (SSSR count). The molecule has 1 aliphatic heterocycles. The van der Waals surface area contributed by atoms with Crippen LogP contribution in [0.2, 0.25) is 0 Å². The molecule has 18 heavy (non-hydrogen) atoms. The van der Waals surface area contributed by atoms with Crippen LogP contribution in [-0.4, -0.2) is 35.6 Å². The molecule has 1 saturated heterocycles. The smallest absolute Gasteiger partial charge is 0.0313 e. The van der Waals surface area contributed by atoms with E-state index in [1.165, 1.54) is 50.0 Å². The molecule has 0 radical (unpaired) electrons. The summed E-state index contributed by atoms with van der Waals surface area (Å²) < 4.78 is 0. The summed E-state index contributed by atoms with van der Waals surface area (Å²) >= 11 is 0. The first kappa shape index (κ1) is 13.5. The lowest BCUT2D eigenvalue weighted by atomic mass is 10.1. The molecule has 1 unspecified atom stereocenters. The molecule has 1 fully saturated rings. The average Bonchev–Trinajstić information content (AvgIpc) is 2.82. The summed E-state index contributed by atoms with van der Waals surface area (Å²) in [7, 11) is 0. The predicted octanol–water partition coefficient (Wildman–Crippen LogP) is 2.35. The summed E-state index contributed by atoms with van der Waals surface area (Å²) in [5.41, 5.74) is 2.59. The molecular formula is C15H25N3. The number of aryl methyl sites for hydroxylation is 1. The zero-order valence-electron chi connectivity index (χ0n) is 11.7. The van der Waals surface area contributed by atoms with Gasteiger partial charge in [-0.25, -0.2) is 0 Å². The minimum atomic E-state index is 0.689. The van der Waals surface area contributed by atoms with E-state index >= 15 is 0 Å². The first-order chi connectivity index (χ1) is 8.78. The predicted molar refractivity (Wildman–Crippen MR) is 75.6 cm³/mol. The van der Waals surface area contributed by atoms with Gasteiger partial charge in [-0.1, -0.05) is 13.0 Å². The highest BCUT2D eigenvalue weighted by Crippen LogP contribution is 2.11. The SMILES string of the molecule is CCCN(Cc1cncc(C)c1)CC1CCCN1. The molecule has 2 heterocycles. The largest absolute Gasteiger partial charge is 0.313 e. The van der Waals surface area contributed by atoms with Crippen LogP contribution in [-0.2, 0) is 6.54 Å². The Hall–Kier alpha value is -0.930. The second-order valence-electron chi connectivity index (χ2n) is 5.40. The average molecular weight is 247 g/mol.